The monoisotopic (exact) mass is 345 g/mol. The Bertz CT molecular complexity index is 748. The SMILES string of the molecule is COc1cc(NC(=O)NCCc2ccc(F)cc2)ccc1NC(C)=O. The Morgan fingerprint density at radius 3 is 2.44 bits per heavy atom. The molecule has 6 nitrogen and oxygen atoms in total. The van der Waals surface area contributed by atoms with E-state index in [0.717, 1.165) is 5.56 Å². The number of halogens is 1. The van der Waals surface area contributed by atoms with Crippen molar-refractivity contribution < 1.29 is 18.7 Å². The lowest BCUT2D eigenvalue weighted by Gasteiger charge is -2.12. The number of rotatable bonds is 6. The van der Waals surface area contributed by atoms with Crippen LogP contribution in [0.3, 0.4) is 0 Å². The second-order valence-corrected chi connectivity index (χ2v) is 5.35. The third-order valence-electron chi connectivity index (χ3n) is 3.38. The minimum absolute atomic E-state index is 0.211. The number of benzene rings is 2. The van der Waals surface area contributed by atoms with Gasteiger partial charge in [0.2, 0.25) is 5.91 Å². The van der Waals surface area contributed by atoms with Gasteiger partial charge in [-0.15, -0.1) is 0 Å². The van der Waals surface area contributed by atoms with E-state index in [2.05, 4.69) is 16.0 Å². The number of nitrogens with one attached hydrogen (secondary N) is 3. The quantitative estimate of drug-likeness (QED) is 0.752. The molecule has 0 aromatic heterocycles. The second-order valence-electron chi connectivity index (χ2n) is 5.35. The molecular formula is C18H20FN3O3. The van der Waals surface area contributed by atoms with E-state index in [-0.39, 0.29) is 17.8 Å². The van der Waals surface area contributed by atoms with Crippen LogP contribution in [0.25, 0.3) is 0 Å². The van der Waals surface area contributed by atoms with Crippen molar-refractivity contribution in [2.75, 3.05) is 24.3 Å². The van der Waals surface area contributed by atoms with Crippen LogP contribution in [0, 0.1) is 5.82 Å². The number of urea groups is 1. The molecular weight excluding hydrogens is 325 g/mol. The Morgan fingerprint density at radius 1 is 1.08 bits per heavy atom. The zero-order chi connectivity index (χ0) is 18.2. The number of anilines is 2. The number of carbonyl (C=O) groups is 2. The van der Waals surface area contributed by atoms with E-state index in [1.165, 1.54) is 26.2 Å². The molecule has 2 aromatic carbocycles. The van der Waals surface area contributed by atoms with Gasteiger partial charge in [0.25, 0.3) is 0 Å². The average Bonchev–Trinajstić information content (AvgIpc) is 2.57. The highest BCUT2D eigenvalue weighted by Gasteiger charge is 2.08. The molecule has 132 valence electrons. The number of hydrogen-bond acceptors (Lipinski definition) is 3. The lowest BCUT2D eigenvalue weighted by molar-refractivity contribution is -0.114. The van der Waals surface area contributed by atoms with E-state index in [1.807, 2.05) is 0 Å². The normalized spacial score (nSPS) is 10.0. The van der Waals surface area contributed by atoms with Gasteiger partial charge >= 0.3 is 6.03 Å². The van der Waals surface area contributed by atoms with Crippen molar-refractivity contribution in [1.82, 2.24) is 5.32 Å². The van der Waals surface area contributed by atoms with E-state index < -0.39 is 0 Å². The first kappa shape index (κ1) is 18.3. The predicted octanol–water partition coefficient (Wildman–Crippen LogP) is 3.16. The summed E-state index contributed by atoms with van der Waals surface area (Å²) >= 11 is 0. The van der Waals surface area contributed by atoms with Crippen molar-refractivity contribution >= 4 is 23.3 Å². The van der Waals surface area contributed by atoms with E-state index in [0.29, 0.717) is 30.1 Å². The molecule has 0 spiro atoms. The van der Waals surface area contributed by atoms with Gasteiger partial charge in [-0.2, -0.15) is 0 Å². The van der Waals surface area contributed by atoms with E-state index in [9.17, 15) is 14.0 Å². The van der Waals surface area contributed by atoms with Crippen LogP contribution < -0.4 is 20.7 Å². The number of carbonyl (C=O) groups excluding carboxylic acids is 2. The molecule has 7 heteroatoms. The molecule has 0 bridgehead atoms. The first-order valence-corrected chi connectivity index (χ1v) is 7.73. The molecule has 0 unspecified atom stereocenters. The van der Waals surface area contributed by atoms with Crippen molar-refractivity contribution in [2.24, 2.45) is 0 Å². The summed E-state index contributed by atoms with van der Waals surface area (Å²) in [6.07, 6.45) is 0.596. The number of amides is 3. The number of methoxy groups -OCH3 is 1. The molecule has 0 heterocycles. The van der Waals surface area contributed by atoms with Crippen molar-refractivity contribution in [2.45, 2.75) is 13.3 Å². The Morgan fingerprint density at radius 2 is 1.80 bits per heavy atom. The van der Waals surface area contributed by atoms with Crippen molar-refractivity contribution in [3.8, 4) is 5.75 Å². The third-order valence-corrected chi connectivity index (χ3v) is 3.38. The van der Waals surface area contributed by atoms with Gasteiger partial charge in [0.1, 0.15) is 11.6 Å². The summed E-state index contributed by atoms with van der Waals surface area (Å²) in [5.74, 6) is -0.0528. The topological polar surface area (TPSA) is 79.5 Å². The molecule has 0 atom stereocenters. The van der Waals surface area contributed by atoms with Gasteiger partial charge in [0.15, 0.2) is 0 Å². The predicted molar refractivity (Wildman–Crippen MR) is 94.4 cm³/mol. The van der Waals surface area contributed by atoms with Crippen LogP contribution in [-0.4, -0.2) is 25.6 Å². The van der Waals surface area contributed by atoms with Gasteiger partial charge in [0, 0.05) is 25.2 Å². The molecule has 2 aromatic rings. The smallest absolute Gasteiger partial charge is 0.319 e. The maximum absolute atomic E-state index is 12.8. The Kier molecular flexibility index (Phi) is 6.33. The molecule has 3 N–H and O–H groups in total. The highest BCUT2D eigenvalue weighted by Crippen LogP contribution is 2.27. The van der Waals surface area contributed by atoms with Crippen LogP contribution in [0.4, 0.5) is 20.6 Å². The molecule has 2 rings (SSSR count). The fourth-order valence-corrected chi connectivity index (χ4v) is 2.21. The van der Waals surface area contributed by atoms with Crippen molar-refractivity contribution in [3.63, 3.8) is 0 Å². The molecule has 25 heavy (non-hydrogen) atoms. The maximum Gasteiger partial charge on any atom is 0.319 e. The summed E-state index contributed by atoms with van der Waals surface area (Å²) in [4.78, 5) is 23.1. The summed E-state index contributed by atoms with van der Waals surface area (Å²) < 4.78 is 18.0. The molecule has 0 saturated heterocycles. The van der Waals surface area contributed by atoms with Gasteiger partial charge in [-0.25, -0.2) is 9.18 Å². The zero-order valence-electron chi connectivity index (χ0n) is 14.1. The van der Waals surface area contributed by atoms with Crippen LogP contribution >= 0.6 is 0 Å². The largest absolute Gasteiger partial charge is 0.494 e. The summed E-state index contributed by atoms with van der Waals surface area (Å²) in [6, 6.07) is 10.7. The van der Waals surface area contributed by atoms with Gasteiger partial charge in [-0.3, -0.25) is 4.79 Å². The molecule has 0 radical (unpaired) electrons. The Balaban J connectivity index is 1.87. The Labute approximate surface area is 145 Å². The number of ether oxygens (including phenoxy) is 1. The van der Waals surface area contributed by atoms with Crippen LogP contribution in [0.1, 0.15) is 12.5 Å². The Hall–Kier alpha value is -3.09. The van der Waals surface area contributed by atoms with Gasteiger partial charge in [-0.05, 0) is 36.2 Å². The number of hydrogen-bond donors (Lipinski definition) is 3. The van der Waals surface area contributed by atoms with Gasteiger partial charge < -0.3 is 20.7 Å². The summed E-state index contributed by atoms with van der Waals surface area (Å²) in [5, 5.41) is 8.06. The summed E-state index contributed by atoms with van der Waals surface area (Å²) in [5.41, 5.74) is 1.99. The van der Waals surface area contributed by atoms with Gasteiger partial charge in [0.05, 0.1) is 12.8 Å². The molecule has 0 saturated carbocycles. The summed E-state index contributed by atoms with van der Waals surface area (Å²) in [7, 11) is 1.48. The summed E-state index contributed by atoms with van der Waals surface area (Å²) in [6.45, 7) is 1.82. The van der Waals surface area contributed by atoms with Crippen LogP contribution in [0.2, 0.25) is 0 Å². The molecule has 3 amide bonds. The molecule has 0 aliphatic carbocycles. The first-order valence-electron chi connectivity index (χ1n) is 7.73. The molecule has 0 aliphatic heterocycles. The standard InChI is InChI=1S/C18H20FN3O3/c1-12(23)21-16-8-7-15(11-17(16)25-2)22-18(24)20-10-9-13-3-5-14(19)6-4-13/h3-8,11H,9-10H2,1-2H3,(H,21,23)(H2,20,22,24). The fraction of sp³-hybridized carbons (Fsp3) is 0.222. The lowest BCUT2D eigenvalue weighted by Crippen LogP contribution is -2.30. The zero-order valence-corrected chi connectivity index (χ0v) is 14.1. The van der Waals surface area contributed by atoms with E-state index >= 15 is 0 Å². The lowest BCUT2D eigenvalue weighted by atomic mass is 10.1. The highest BCUT2D eigenvalue weighted by atomic mass is 19.1. The van der Waals surface area contributed by atoms with Crippen molar-refractivity contribution in [3.05, 3.63) is 53.8 Å². The highest BCUT2D eigenvalue weighted by molar-refractivity contribution is 5.93. The second kappa shape index (κ2) is 8.68. The van der Waals surface area contributed by atoms with Crippen LogP contribution in [0.15, 0.2) is 42.5 Å². The molecule has 0 aliphatic rings. The van der Waals surface area contributed by atoms with Gasteiger partial charge in [-0.1, -0.05) is 12.1 Å². The minimum atomic E-state index is -0.364. The van der Waals surface area contributed by atoms with Crippen LogP contribution in [0.5, 0.6) is 5.75 Å². The van der Waals surface area contributed by atoms with E-state index in [1.54, 1.807) is 30.3 Å². The fourth-order valence-electron chi connectivity index (χ4n) is 2.21. The maximum atomic E-state index is 12.8. The third kappa shape index (κ3) is 5.80. The van der Waals surface area contributed by atoms with Crippen LogP contribution in [-0.2, 0) is 11.2 Å². The van der Waals surface area contributed by atoms with E-state index in [4.69, 9.17) is 4.74 Å². The van der Waals surface area contributed by atoms with Crippen molar-refractivity contribution in [1.29, 1.82) is 0 Å². The average molecular weight is 345 g/mol. The first-order chi connectivity index (χ1) is 12.0. The molecule has 0 fully saturated rings. The minimum Gasteiger partial charge on any atom is -0.494 e.